The van der Waals surface area contributed by atoms with Gasteiger partial charge >= 0.3 is 5.69 Å². The van der Waals surface area contributed by atoms with Gasteiger partial charge in [-0.25, -0.2) is 9.78 Å². The minimum Gasteiger partial charge on any atom is -0.361 e. The Bertz CT molecular complexity index is 976. The number of fused-ring (bicyclic) bond motifs is 1. The van der Waals surface area contributed by atoms with Gasteiger partial charge in [-0.3, -0.25) is 13.9 Å². The van der Waals surface area contributed by atoms with Crippen LogP contribution in [0.4, 0.5) is 0 Å². The summed E-state index contributed by atoms with van der Waals surface area (Å²) in [5.74, 6) is 0.826. The summed E-state index contributed by atoms with van der Waals surface area (Å²) < 4.78 is 9.66. The lowest BCUT2D eigenvalue weighted by Gasteiger charge is -2.08. The van der Waals surface area contributed by atoms with Gasteiger partial charge in [-0.1, -0.05) is 5.16 Å². The molecule has 0 spiro atoms. The molecule has 0 aromatic carbocycles. The van der Waals surface area contributed by atoms with E-state index in [-0.39, 0.29) is 11.2 Å². The van der Waals surface area contributed by atoms with E-state index in [1.54, 1.807) is 17.9 Å². The van der Waals surface area contributed by atoms with Crippen molar-refractivity contribution in [2.24, 2.45) is 7.05 Å². The monoisotopic (exact) mass is 331 g/mol. The molecule has 0 atom stereocenters. The second-order valence-corrected chi connectivity index (χ2v) is 5.89. The van der Waals surface area contributed by atoms with E-state index in [1.165, 1.54) is 9.13 Å². The molecule has 8 nitrogen and oxygen atoms in total. The fourth-order valence-electron chi connectivity index (χ4n) is 2.86. The van der Waals surface area contributed by atoms with E-state index in [0.717, 1.165) is 24.3 Å². The van der Waals surface area contributed by atoms with Crippen LogP contribution in [0.2, 0.25) is 0 Å². The number of hydrogen-bond donors (Lipinski definition) is 0. The molecule has 0 aliphatic carbocycles. The maximum absolute atomic E-state index is 12.7. The van der Waals surface area contributed by atoms with E-state index in [9.17, 15) is 9.59 Å². The summed E-state index contributed by atoms with van der Waals surface area (Å²) in [6, 6.07) is 1.90. The van der Waals surface area contributed by atoms with Crippen LogP contribution in [0.15, 0.2) is 26.5 Å². The third-order valence-corrected chi connectivity index (χ3v) is 4.17. The summed E-state index contributed by atoms with van der Waals surface area (Å²) in [5.41, 5.74) is 1.16. The van der Waals surface area contributed by atoms with Crippen molar-refractivity contribution in [3.05, 3.63) is 44.7 Å². The topological polar surface area (TPSA) is 87.8 Å². The average molecular weight is 331 g/mol. The Hall–Kier alpha value is -2.64. The number of rotatable bonds is 6. The smallest absolute Gasteiger partial charge is 0.332 e. The Balaban J connectivity index is 1.81. The minimum absolute atomic E-state index is 0.275. The fourth-order valence-corrected chi connectivity index (χ4v) is 2.86. The summed E-state index contributed by atoms with van der Waals surface area (Å²) in [5, 5.41) is 3.85. The van der Waals surface area contributed by atoms with Crippen LogP contribution in [0, 0.1) is 6.92 Å². The maximum Gasteiger partial charge on any atom is 0.332 e. The third-order valence-electron chi connectivity index (χ3n) is 4.17. The summed E-state index contributed by atoms with van der Waals surface area (Å²) >= 11 is 0. The highest BCUT2D eigenvalue weighted by atomic mass is 16.5. The number of imidazole rings is 1. The molecule has 0 radical (unpaired) electrons. The van der Waals surface area contributed by atoms with Crippen LogP contribution in [0.3, 0.4) is 0 Å². The van der Waals surface area contributed by atoms with Crippen molar-refractivity contribution in [2.75, 3.05) is 0 Å². The maximum atomic E-state index is 12.7. The van der Waals surface area contributed by atoms with Crippen LogP contribution in [0.25, 0.3) is 11.2 Å². The number of unbranched alkanes of at least 4 members (excludes halogenated alkanes) is 1. The van der Waals surface area contributed by atoms with E-state index in [0.29, 0.717) is 30.7 Å². The van der Waals surface area contributed by atoms with E-state index in [1.807, 2.05) is 19.9 Å². The Morgan fingerprint density at radius 3 is 2.71 bits per heavy atom. The average Bonchev–Trinajstić information content (AvgIpc) is 3.18. The van der Waals surface area contributed by atoms with Gasteiger partial charge in [-0.15, -0.1) is 0 Å². The molecular formula is C16H21N5O3. The molecule has 3 aromatic rings. The number of nitrogens with zero attached hydrogens (tertiary/aromatic N) is 5. The zero-order valence-corrected chi connectivity index (χ0v) is 14.2. The second kappa shape index (κ2) is 6.46. The van der Waals surface area contributed by atoms with Gasteiger partial charge in [-0.05, 0) is 26.7 Å². The molecule has 0 aliphatic heterocycles. The van der Waals surface area contributed by atoms with Crippen molar-refractivity contribution in [3.8, 4) is 0 Å². The van der Waals surface area contributed by atoms with Crippen molar-refractivity contribution >= 4 is 11.2 Å². The van der Waals surface area contributed by atoms with Gasteiger partial charge in [0.05, 0.1) is 12.0 Å². The minimum atomic E-state index is -0.329. The van der Waals surface area contributed by atoms with Crippen molar-refractivity contribution in [1.29, 1.82) is 0 Å². The molecule has 3 aromatic heterocycles. The van der Waals surface area contributed by atoms with E-state index in [2.05, 4.69) is 10.1 Å². The quantitative estimate of drug-likeness (QED) is 0.634. The molecule has 0 saturated heterocycles. The highest BCUT2D eigenvalue weighted by Gasteiger charge is 2.15. The fraction of sp³-hybridized carbons (Fsp3) is 0.500. The molecule has 0 bridgehead atoms. The van der Waals surface area contributed by atoms with Crippen LogP contribution >= 0.6 is 0 Å². The third kappa shape index (κ3) is 2.79. The number of aryl methyl sites for hydroxylation is 4. The predicted octanol–water partition coefficient (Wildman–Crippen LogP) is 1.24. The SMILES string of the molecule is CCn1cnc2c1c(=O)n(CCCCc1cc(C)no1)c(=O)n2C. The van der Waals surface area contributed by atoms with E-state index in [4.69, 9.17) is 4.52 Å². The molecule has 0 N–H and O–H groups in total. The Labute approximate surface area is 138 Å². The summed E-state index contributed by atoms with van der Waals surface area (Å²) in [6.07, 6.45) is 3.86. The lowest BCUT2D eigenvalue weighted by atomic mass is 10.2. The van der Waals surface area contributed by atoms with Crippen LogP contribution in [0.1, 0.15) is 31.2 Å². The van der Waals surface area contributed by atoms with Gasteiger partial charge < -0.3 is 9.09 Å². The van der Waals surface area contributed by atoms with Crippen LogP contribution in [-0.4, -0.2) is 23.8 Å². The van der Waals surface area contributed by atoms with Crippen molar-refractivity contribution in [1.82, 2.24) is 23.8 Å². The zero-order chi connectivity index (χ0) is 17.3. The molecule has 24 heavy (non-hydrogen) atoms. The first-order valence-electron chi connectivity index (χ1n) is 8.09. The van der Waals surface area contributed by atoms with Gasteiger partial charge in [0, 0.05) is 32.6 Å². The molecule has 8 heteroatoms. The number of hydrogen-bond acceptors (Lipinski definition) is 5. The van der Waals surface area contributed by atoms with Crippen molar-refractivity contribution < 1.29 is 4.52 Å². The molecule has 0 amide bonds. The normalized spacial score (nSPS) is 11.5. The Morgan fingerprint density at radius 1 is 1.25 bits per heavy atom. The first-order valence-corrected chi connectivity index (χ1v) is 8.09. The first kappa shape index (κ1) is 16.2. The molecular weight excluding hydrogens is 310 g/mol. The van der Waals surface area contributed by atoms with Gasteiger partial charge in [0.15, 0.2) is 11.2 Å². The van der Waals surface area contributed by atoms with Crippen molar-refractivity contribution in [3.63, 3.8) is 0 Å². The largest absolute Gasteiger partial charge is 0.361 e. The predicted molar refractivity (Wildman–Crippen MR) is 89.1 cm³/mol. The molecule has 0 fully saturated rings. The van der Waals surface area contributed by atoms with Gasteiger partial charge in [-0.2, -0.15) is 0 Å². The number of aromatic nitrogens is 5. The Kier molecular flexibility index (Phi) is 4.37. The Morgan fingerprint density at radius 2 is 2.04 bits per heavy atom. The van der Waals surface area contributed by atoms with Crippen molar-refractivity contribution in [2.45, 2.75) is 46.2 Å². The van der Waals surface area contributed by atoms with Crippen LogP contribution in [-0.2, 0) is 26.6 Å². The molecule has 128 valence electrons. The molecule has 0 saturated carbocycles. The van der Waals surface area contributed by atoms with E-state index < -0.39 is 0 Å². The first-order chi connectivity index (χ1) is 11.5. The van der Waals surface area contributed by atoms with Crippen LogP contribution in [0.5, 0.6) is 0 Å². The lowest BCUT2D eigenvalue weighted by Crippen LogP contribution is -2.39. The molecule has 3 heterocycles. The second-order valence-electron chi connectivity index (χ2n) is 5.89. The highest BCUT2D eigenvalue weighted by molar-refractivity contribution is 5.69. The summed E-state index contributed by atoms with van der Waals surface area (Å²) in [6.45, 7) is 4.83. The van der Waals surface area contributed by atoms with Gasteiger partial charge in [0.2, 0.25) is 0 Å². The lowest BCUT2D eigenvalue weighted by molar-refractivity contribution is 0.374. The summed E-state index contributed by atoms with van der Waals surface area (Å²) in [4.78, 5) is 29.3. The molecule has 0 unspecified atom stereocenters. The van der Waals surface area contributed by atoms with E-state index >= 15 is 0 Å². The van der Waals surface area contributed by atoms with Gasteiger partial charge in [0.1, 0.15) is 5.76 Å². The standard InChI is InChI=1S/C16H21N5O3/c1-4-20-10-17-14-13(20)15(22)21(16(23)19(14)3)8-6-5-7-12-9-11(2)18-24-12/h9-10H,4-8H2,1-3H3. The molecule has 0 aliphatic rings. The molecule has 3 rings (SSSR count). The summed E-state index contributed by atoms with van der Waals surface area (Å²) in [7, 11) is 1.64. The van der Waals surface area contributed by atoms with Gasteiger partial charge in [0.25, 0.3) is 5.56 Å². The highest BCUT2D eigenvalue weighted by Crippen LogP contribution is 2.08. The zero-order valence-electron chi connectivity index (χ0n) is 14.2. The van der Waals surface area contributed by atoms with Crippen LogP contribution < -0.4 is 11.2 Å².